The highest BCUT2D eigenvalue weighted by Crippen LogP contribution is 2.32. The van der Waals surface area contributed by atoms with Crippen molar-refractivity contribution in [2.45, 2.75) is 77.8 Å². The average Bonchev–Trinajstić information content (AvgIpc) is 3.36. The van der Waals surface area contributed by atoms with Crippen LogP contribution in [0.5, 0.6) is 5.19 Å². The van der Waals surface area contributed by atoms with Crippen LogP contribution in [0.3, 0.4) is 0 Å². The van der Waals surface area contributed by atoms with Gasteiger partial charge in [-0.3, -0.25) is 4.79 Å². The van der Waals surface area contributed by atoms with Crippen molar-refractivity contribution in [1.29, 1.82) is 0 Å². The molecule has 1 saturated carbocycles. The van der Waals surface area contributed by atoms with Crippen LogP contribution in [0.1, 0.15) is 66.4 Å². The summed E-state index contributed by atoms with van der Waals surface area (Å²) >= 11 is 3.15. The summed E-state index contributed by atoms with van der Waals surface area (Å²) in [7, 11) is 0. The van der Waals surface area contributed by atoms with Gasteiger partial charge < -0.3 is 9.64 Å². The van der Waals surface area contributed by atoms with E-state index in [1.807, 2.05) is 13.1 Å². The molecule has 1 fully saturated rings. The lowest BCUT2D eigenvalue weighted by Crippen LogP contribution is -2.29. The third kappa shape index (κ3) is 8.43. The van der Waals surface area contributed by atoms with Crippen LogP contribution in [0.15, 0.2) is 11.2 Å². The molecule has 1 aliphatic carbocycles. The smallest absolute Gasteiger partial charge is 0.273 e. The molecular weight excluding hydrogens is 483 g/mol. The molecule has 9 heteroatoms. The van der Waals surface area contributed by atoms with Gasteiger partial charge in [0.2, 0.25) is 0 Å². The molecule has 2 aliphatic rings. The fourth-order valence-corrected chi connectivity index (χ4v) is 6.50. The fraction of sp³-hybridized carbons (Fsp3) is 0.692. The Bertz CT molecular complexity index is 980. The van der Waals surface area contributed by atoms with Gasteiger partial charge in [0, 0.05) is 41.7 Å². The van der Waals surface area contributed by atoms with Crippen LogP contribution in [-0.2, 0) is 24.1 Å². The molecular formula is C26H37FN4O2S2. The molecule has 0 unspecified atom stereocenters. The number of thiazole rings is 2. The Kier molecular flexibility index (Phi) is 9.05. The first-order valence-corrected chi connectivity index (χ1v) is 14.4. The molecule has 0 aromatic carbocycles. The Labute approximate surface area is 216 Å². The number of carbonyl (C=O) groups is 1. The molecule has 0 radical (unpaired) electrons. The fourth-order valence-electron chi connectivity index (χ4n) is 4.77. The van der Waals surface area contributed by atoms with Crippen molar-refractivity contribution in [3.05, 3.63) is 26.7 Å². The van der Waals surface area contributed by atoms with E-state index in [4.69, 9.17) is 4.74 Å². The van der Waals surface area contributed by atoms with Gasteiger partial charge in [0.25, 0.3) is 11.1 Å². The van der Waals surface area contributed by atoms with Gasteiger partial charge in [-0.15, -0.1) is 11.3 Å². The third-order valence-electron chi connectivity index (χ3n) is 6.79. The van der Waals surface area contributed by atoms with Crippen molar-refractivity contribution in [2.75, 3.05) is 26.2 Å². The van der Waals surface area contributed by atoms with E-state index in [-0.39, 0.29) is 12.5 Å². The first-order chi connectivity index (χ1) is 16.7. The Balaban J connectivity index is 1.13. The molecule has 2 aromatic rings. The monoisotopic (exact) mass is 520 g/mol. The molecule has 0 saturated heterocycles. The second-order valence-electron chi connectivity index (χ2n) is 10.5. The number of halogens is 1. The zero-order chi connectivity index (χ0) is 24.8. The maximum absolute atomic E-state index is 13.7. The maximum atomic E-state index is 13.7. The van der Waals surface area contributed by atoms with Crippen LogP contribution in [0, 0.1) is 18.8 Å². The van der Waals surface area contributed by atoms with Gasteiger partial charge >= 0.3 is 0 Å². The van der Waals surface area contributed by atoms with Crippen molar-refractivity contribution in [3.63, 3.8) is 0 Å². The lowest BCUT2D eigenvalue weighted by Gasteiger charge is -2.28. The summed E-state index contributed by atoms with van der Waals surface area (Å²) in [6, 6.07) is 0. The van der Waals surface area contributed by atoms with E-state index >= 15 is 0 Å². The number of aliphatic imine (C=N–C) groups is 1. The Hall–Kier alpha value is -1.71. The van der Waals surface area contributed by atoms with Crippen LogP contribution in [0.25, 0.3) is 0 Å². The topological polar surface area (TPSA) is 67.7 Å². The van der Waals surface area contributed by atoms with Crippen LogP contribution in [0.4, 0.5) is 4.39 Å². The van der Waals surface area contributed by atoms with Crippen molar-refractivity contribution in [1.82, 2.24) is 14.9 Å². The summed E-state index contributed by atoms with van der Waals surface area (Å²) < 4.78 is 19.3. The second-order valence-corrected chi connectivity index (χ2v) is 12.8. The standard InChI is InChI=1S/C26H37FN4O2S2/c1-18-28-16-21(34-18)14-24(32)29-15-20-6-4-19(5-7-20)8-11-31-12-9-22-23(10-13-31)35-25(30-22)33-17-26(2,3)27/h15-16,19-20H,4-14,17H2,1-3H3. The number of alkyl halides is 1. The van der Waals surface area contributed by atoms with Crippen LogP contribution >= 0.6 is 22.7 Å². The number of hydrogen-bond acceptors (Lipinski definition) is 7. The SMILES string of the molecule is Cc1ncc(CC(=O)N=CC2CCC(CCN3CCc4nc(OCC(C)(C)F)sc4CC3)CC2)s1. The van der Waals surface area contributed by atoms with E-state index in [1.54, 1.807) is 28.9 Å². The summed E-state index contributed by atoms with van der Waals surface area (Å²) in [4.78, 5) is 30.0. The zero-order valence-electron chi connectivity index (χ0n) is 21.1. The molecule has 0 atom stereocenters. The number of aromatic nitrogens is 2. The zero-order valence-corrected chi connectivity index (χ0v) is 22.7. The van der Waals surface area contributed by atoms with Gasteiger partial charge in [0.05, 0.1) is 17.1 Å². The largest absolute Gasteiger partial charge is 0.467 e. The lowest BCUT2D eigenvalue weighted by molar-refractivity contribution is -0.117. The maximum Gasteiger partial charge on any atom is 0.273 e. The van der Waals surface area contributed by atoms with E-state index in [0.717, 1.165) is 66.8 Å². The van der Waals surface area contributed by atoms with Crippen LogP contribution in [0.2, 0.25) is 0 Å². The molecule has 6 nitrogen and oxygen atoms in total. The number of nitrogens with zero attached hydrogens (tertiary/aromatic N) is 4. The molecule has 1 amide bonds. The van der Waals surface area contributed by atoms with Crippen molar-refractivity contribution >= 4 is 34.8 Å². The summed E-state index contributed by atoms with van der Waals surface area (Å²) in [5.74, 6) is 1.12. The average molecular weight is 521 g/mol. The molecule has 3 heterocycles. The minimum atomic E-state index is -1.34. The van der Waals surface area contributed by atoms with Gasteiger partial charge in [-0.2, -0.15) is 0 Å². The number of amides is 1. The number of aryl methyl sites for hydroxylation is 1. The third-order valence-corrected chi connectivity index (χ3v) is 8.77. The second kappa shape index (κ2) is 12.0. The Morgan fingerprint density at radius 1 is 1.26 bits per heavy atom. The Morgan fingerprint density at radius 3 is 2.74 bits per heavy atom. The highest BCUT2D eigenvalue weighted by Gasteiger charge is 2.24. The van der Waals surface area contributed by atoms with Crippen molar-refractivity contribution in [2.24, 2.45) is 16.8 Å². The number of fused-ring (bicyclic) bond motifs is 1. The summed E-state index contributed by atoms with van der Waals surface area (Å²) in [6.45, 7) is 8.24. The van der Waals surface area contributed by atoms with Gasteiger partial charge in [-0.25, -0.2) is 19.4 Å². The van der Waals surface area contributed by atoms with Gasteiger partial charge in [0.1, 0.15) is 12.3 Å². The van der Waals surface area contributed by atoms with E-state index in [9.17, 15) is 9.18 Å². The molecule has 0 bridgehead atoms. The molecule has 0 spiro atoms. The molecule has 1 aliphatic heterocycles. The van der Waals surface area contributed by atoms with Crippen LogP contribution < -0.4 is 4.74 Å². The minimum absolute atomic E-state index is 0.0442. The summed E-state index contributed by atoms with van der Waals surface area (Å²) in [5, 5.41) is 1.59. The highest BCUT2D eigenvalue weighted by atomic mass is 32.1. The van der Waals surface area contributed by atoms with E-state index in [0.29, 0.717) is 17.5 Å². The van der Waals surface area contributed by atoms with Gasteiger partial charge in [-0.05, 0) is 77.7 Å². The minimum Gasteiger partial charge on any atom is -0.467 e. The first-order valence-electron chi connectivity index (χ1n) is 12.7. The number of rotatable bonds is 9. The van der Waals surface area contributed by atoms with Crippen molar-refractivity contribution < 1.29 is 13.9 Å². The highest BCUT2D eigenvalue weighted by molar-refractivity contribution is 7.13. The van der Waals surface area contributed by atoms with E-state index < -0.39 is 5.67 Å². The Morgan fingerprint density at radius 2 is 2.03 bits per heavy atom. The lowest BCUT2D eigenvalue weighted by atomic mass is 9.81. The van der Waals surface area contributed by atoms with Gasteiger partial charge in [-0.1, -0.05) is 11.3 Å². The quantitative estimate of drug-likeness (QED) is 0.410. The number of ether oxygens (including phenoxy) is 1. The van der Waals surface area contributed by atoms with Gasteiger partial charge in [0.15, 0.2) is 0 Å². The molecule has 2 aromatic heterocycles. The number of hydrogen-bond donors (Lipinski definition) is 0. The molecule has 0 N–H and O–H groups in total. The molecule has 192 valence electrons. The number of carbonyl (C=O) groups excluding carboxylic acids is 1. The molecule has 35 heavy (non-hydrogen) atoms. The van der Waals surface area contributed by atoms with Crippen LogP contribution in [-0.4, -0.2) is 58.9 Å². The van der Waals surface area contributed by atoms with Crippen molar-refractivity contribution in [3.8, 4) is 5.19 Å². The summed E-state index contributed by atoms with van der Waals surface area (Å²) in [6.07, 6.45) is 11.9. The summed E-state index contributed by atoms with van der Waals surface area (Å²) in [5.41, 5.74) is -0.214. The predicted octanol–water partition coefficient (Wildman–Crippen LogP) is 5.47. The first kappa shape index (κ1) is 26.4. The van der Waals surface area contributed by atoms with E-state index in [1.165, 1.54) is 38.0 Å². The normalized spacial score (nSPS) is 21.7. The van der Waals surface area contributed by atoms with E-state index in [2.05, 4.69) is 19.9 Å². The predicted molar refractivity (Wildman–Crippen MR) is 141 cm³/mol. The molecule has 4 rings (SSSR count).